The molecule has 0 saturated heterocycles. The SMILES string of the molecule is CNC(c1ccccc1)c1cc(C)c(Cl)cc1C. The minimum atomic E-state index is 0.210. The predicted octanol–water partition coefficient (Wildman–Crippen LogP) is 4.27. The lowest BCUT2D eigenvalue weighted by Gasteiger charge is -2.20. The Morgan fingerprint density at radius 1 is 1.00 bits per heavy atom. The van der Waals surface area contributed by atoms with Gasteiger partial charge in [-0.2, -0.15) is 0 Å². The Hall–Kier alpha value is -1.31. The lowest BCUT2D eigenvalue weighted by molar-refractivity contribution is 0.687. The van der Waals surface area contributed by atoms with Crippen LogP contribution in [-0.2, 0) is 0 Å². The second-order valence-corrected chi connectivity index (χ2v) is 5.00. The number of aryl methyl sites for hydroxylation is 2. The summed E-state index contributed by atoms with van der Waals surface area (Å²) in [5.41, 5.74) is 4.89. The molecule has 0 amide bonds. The molecule has 0 fully saturated rings. The molecule has 0 heterocycles. The van der Waals surface area contributed by atoms with Crippen LogP contribution in [0.15, 0.2) is 42.5 Å². The average molecular weight is 260 g/mol. The van der Waals surface area contributed by atoms with E-state index >= 15 is 0 Å². The highest BCUT2D eigenvalue weighted by Gasteiger charge is 2.15. The van der Waals surface area contributed by atoms with Crippen LogP contribution in [0.3, 0.4) is 0 Å². The van der Waals surface area contributed by atoms with Gasteiger partial charge in [-0.3, -0.25) is 0 Å². The number of nitrogens with one attached hydrogen (secondary N) is 1. The Balaban J connectivity index is 2.49. The van der Waals surface area contributed by atoms with Crippen LogP contribution >= 0.6 is 11.6 Å². The molecule has 2 aromatic carbocycles. The molecule has 2 aromatic rings. The van der Waals surface area contributed by atoms with Gasteiger partial charge in [-0.05, 0) is 49.2 Å². The van der Waals surface area contributed by atoms with Gasteiger partial charge in [-0.1, -0.05) is 48.0 Å². The highest BCUT2D eigenvalue weighted by molar-refractivity contribution is 6.31. The van der Waals surface area contributed by atoms with E-state index < -0.39 is 0 Å². The Labute approximate surface area is 114 Å². The summed E-state index contributed by atoms with van der Waals surface area (Å²) in [6.07, 6.45) is 0. The fourth-order valence-electron chi connectivity index (χ4n) is 2.26. The molecule has 18 heavy (non-hydrogen) atoms. The van der Waals surface area contributed by atoms with Crippen molar-refractivity contribution in [2.45, 2.75) is 19.9 Å². The van der Waals surface area contributed by atoms with Crippen molar-refractivity contribution in [3.8, 4) is 0 Å². The molecule has 94 valence electrons. The molecule has 2 heteroatoms. The highest BCUT2D eigenvalue weighted by atomic mass is 35.5. The molecule has 0 spiro atoms. The molecule has 0 radical (unpaired) electrons. The van der Waals surface area contributed by atoms with Gasteiger partial charge in [0.05, 0.1) is 6.04 Å². The lowest BCUT2D eigenvalue weighted by atomic mass is 9.94. The molecule has 0 aliphatic rings. The minimum absolute atomic E-state index is 0.210. The van der Waals surface area contributed by atoms with E-state index in [1.165, 1.54) is 16.7 Å². The molecule has 0 bridgehead atoms. The van der Waals surface area contributed by atoms with Crippen LogP contribution in [0, 0.1) is 13.8 Å². The summed E-state index contributed by atoms with van der Waals surface area (Å²) in [4.78, 5) is 0. The van der Waals surface area contributed by atoms with Gasteiger partial charge in [0.1, 0.15) is 0 Å². The molecule has 0 aliphatic carbocycles. The third kappa shape index (κ3) is 2.58. The summed E-state index contributed by atoms with van der Waals surface area (Å²) < 4.78 is 0. The summed E-state index contributed by atoms with van der Waals surface area (Å²) >= 11 is 6.16. The first kappa shape index (κ1) is 13.1. The van der Waals surface area contributed by atoms with Crippen molar-refractivity contribution < 1.29 is 0 Å². The summed E-state index contributed by atoms with van der Waals surface area (Å²) in [5.74, 6) is 0. The van der Waals surface area contributed by atoms with Crippen LogP contribution in [0.25, 0.3) is 0 Å². The molecule has 0 aromatic heterocycles. The van der Waals surface area contributed by atoms with E-state index in [1.54, 1.807) is 0 Å². The number of benzene rings is 2. The molecule has 1 N–H and O–H groups in total. The van der Waals surface area contributed by atoms with Gasteiger partial charge in [-0.25, -0.2) is 0 Å². The standard InChI is InChI=1S/C16H18ClN/c1-11-10-15(17)12(2)9-14(11)16(18-3)13-7-5-4-6-8-13/h4-10,16,18H,1-3H3. The van der Waals surface area contributed by atoms with Crippen molar-refractivity contribution in [3.05, 3.63) is 69.7 Å². The lowest BCUT2D eigenvalue weighted by Crippen LogP contribution is -2.18. The van der Waals surface area contributed by atoms with Crippen molar-refractivity contribution >= 4 is 11.6 Å². The predicted molar refractivity (Wildman–Crippen MR) is 78.3 cm³/mol. The number of hydrogen-bond donors (Lipinski definition) is 1. The Morgan fingerprint density at radius 2 is 1.67 bits per heavy atom. The second-order valence-electron chi connectivity index (χ2n) is 4.59. The Bertz CT molecular complexity index is 534. The fraction of sp³-hybridized carbons (Fsp3) is 0.250. The summed E-state index contributed by atoms with van der Waals surface area (Å²) in [6.45, 7) is 4.15. The first-order chi connectivity index (χ1) is 8.63. The Kier molecular flexibility index (Phi) is 4.05. The van der Waals surface area contributed by atoms with Crippen molar-refractivity contribution in [2.75, 3.05) is 7.05 Å². The third-order valence-electron chi connectivity index (χ3n) is 3.28. The van der Waals surface area contributed by atoms with Gasteiger partial charge in [0.15, 0.2) is 0 Å². The maximum atomic E-state index is 6.16. The average Bonchev–Trinajstić information content (AvgIpc) is 2.38. The maximum Gasteiger partial charge on any atom is 0.0577 e. The minimum Gasteiger partial charge on any atom is -0.309 e. The van der Waals surface area contributed by atoms with Crippen LogP contribution in [0.5, 0.6) is 0 Å². The Morgan fingerprint density at radius 3 is 2.28 bits per heavy atom. The van der Waals surface area contributed by atoms with Crippen molar-refractivity contribution in [3.63, 3.8) is 0 Å². The van der Waals surface area contributed by atoms with E-state index in [4.69, 9.17) is 11.6 Å². The summed E-state index contributed by atoms with van der Waals surface area (Å²) in [7, 11) is 1.99. The van der Waals surface area contributed by atoms with Crippen LogP contribution in [0.4, 0.5) is 0 Å². The largest absolute Gasteiger partial charge is 0.309 e. The molecule has 2 rings (SSSR count). The first-order valence-corrected chi connectivity index (χ1v) is 6.50. The van der Waals surface area contributed by atoms with Gasteiger partial charge >= 0.3 is 0 Å². The van der Waals surface area contributed by atoms with Crippen molar-refractivity contribution in [2.24, 2.45) is 0 Å². The van der Waals surface area contributed by atoms with Gasteiger partial charge in [0, 0.05) is 5.02 Å². The maximum absolute atomic E-state index is 6.16. The van der Waals surface area contributed by atoms with Gasteiger partial charge < -0.3 is 5.32 Å². The van der Waals surface area contributed by atoms with Crippen LogP contribution in [-0.4, -0.2) is 7.05 Å². The monoisotopic (exact) mass is 259 g/mol. The summed E-state index contributed by atoms with van der Waals surface area (Å²) in [6, 6.07) is 14.9. The second kappa shape index (κ2) is 5.55. The quantitative estimate of drug-likeness (QED) is 0.868. The van der Waals surface area contributed by atoms with Crippen LogP contribution in [0.2, 0.25) is 5.02 Å². The molecule has 1 nitrogen and oxygen atoms in total. The van der Waals surface area contributed by atoms with E-state index in [2.05, 4.69) is 42.6 Å². The zero-order valence-corrected chi connectivity index (χ0v) is 11.8. The zero-order valence-electron chi connectivity index (χ0n) is 11.0. The van der Waals surface area contributed by atoms with Gasteiger partial charge in [0.2, 0.25) is 0 Å². The van der Waals surface area contributed by atoms with Crippen LogP contribution < -0.4 is 5.32 Å². The van der Waals surface area contributed by atoms with E-state index in [1.807, 2.05) is 26.1 Å². The van der Waals surface area contributed by atoms with Gasteiger partial charge in [0.25, 0.3) is 0 Å². The van der Waals surface area contributed by atoms with Gasteiger partial charge in [-0.15, -0.1) is 0 Å². The highest BCUT2D eigenvalue weighted by Crippen LogP contribution is 2.28. The topological polar surface area (TPSA) is 12.0 Å². The zero-order chi connectivity index (χ0) is 13.1. The number of rotatable bonds is 3. The summed E-state index contributed by atoms with van der Waals surface area (Å²) in [5, 5.41) is 4.21. The van der Waals surface area contributed by atoms with Crippen molar-refractivity contribution in [1.29, 1.82) is 0 Å². The molecular weight excluding hydrogens is 242 g/mol. The molecule has 0 saturated carbocycles. The van der Waals surface area contributed by atoms with E-state index in [9.17, 15) is 0 Å². The van der Waals surface area contributed by atoms with E-state index in [-0.39, 0.29) is 6.04 Å². The van der Waals surface area contributed by atoms with E-state index in [0.717, 1.165) is 10.6 Å². The fourth-order valence-corrected chi connectivity index (χ4v) is 2.48. The smallest absolute Gasteiger partial charge is 0.0577 e. The van der Waals surface area contributed by atoms with Crippen LogP contribution in [0.1, 0.15) is 28.3 Å². The molecule has 1 unspecified atom stereocenters. The van der Waals surface area contributed by atoms with Crippen molar-refractivity contribution in [1.82, 2.24) is 5.32 Å². The molecule has 1 atom stereocenters. The third-order valence-corrected chi connectivity index (χ3v) is 3.69. The normalized spacial score (nSPS) is 12.4. The molecule has 0 aliphatic heterocycles. The number of hydrogen-bond acceptors (Lipinski definition) is 1. The molecular formula is C16H18ClN. The van der Waals surface area contributed by atoms with E-state index in [0.29, 0.717) is 0 Å². The first-order valence-electron chi connectivity index (χ1n) is 6.12. The number of halogens is 1.